The van der Waals surface area contributed by atoms with E-state index in [0.29, 0.717) is 5.92 Å². The topological polar surface area (TPSA) is 41.1 Å². The molecule has 0 bridgehead atoms. The van der Waals surface area contributed by atoms with E-state index < -0.39 is 0 Å². The van der Waals surface area contributed by atoms with Crippen molar-refractivity contribution in [3.05, 3.63) is 54.1 Å². The fourth-order valence-electron chi connectivity index (χ4n) is 2.59. The molecule has 0 aliphatic carbocycles. The van der Waals surface area contributed by atoms with Crippen LogP contribution >= 0.6 is 11.8 Å². The number of carbonyl (C=O) groups is 1. The molecule has 0 aromatic heterocycles. The highest BCUT2D eigenvalue weighted by molar-refractivity contribution is 7.99. The molecule has 1 heterocycles. The van der Waals surface area contributed by atoms with Crippen LogP contribution in [0, 0.1) is 18.8 Å². The largest absolute Gasteiger partial charge is 0.326 e. The molecule has 2 aromatic rings. The first-order valence-corrected chi connectivity index (χ1v) is 8.80. The fraction of sp³-hybridized carbons (Fsp3) is 0.316. The second kappa shape index (κ2) is 7.20. The summed E-state index contributed by atoms with van der Waals surface area (Å²) in [7, 11) is 0. The van der Waals surface area contributed by atoms with E-state index in [1.54, 1.807) is 11.8 Å². The molecule has 1 unspecified atom stereocenters. The molecule has 1 fully saturated rings. The molecule has 1 saturated heterocycles. The van der Waals surface area contributed by atoms with Gasteiger partial charge in [-0.25, -0.2) is 0 Å². The van der Waals surface area contributed by atoms with Gasteiger partial charge in [0.1, 0.15) is 0 Å². The monoisotopic (exact) mass is 326 g/mol. The summed E-state index contributed by atoms with van der Waals surface area (Å²) >= 11 is 1.73. The van der Waals surface area contributed by atoms with E-state index in [1.807, 2.05) is 38.1 Å². The van der Waals surface area contributed by atoms with Crippen LogP contribution in [0.5, 0.6) is 0 Å². The number of benzene rings is 2. The van der Waals surface area contributed by atoms with Crippen molar-refractivity contribution in [1.29, 1.82) is 0 Å². The lowest BCUT2D eigenvalue weighted by Gasteiger charge is -2.31. The number of amides is 1. The molecular weight excluding hydrogens is 304 g/mol. The van der Waals surface area contributed by atoms with Crippen LogP contribution in [0.3, 0.4) is 0 Å². The predicted molar refractivity (Wildman–Crippen MR) is 95.9 cm³/mol. The Hall–Kier alpha value is -1.78. The maximum absolute atomic E-state index is 12.3. The zero-order valence-corrected chi connectivity index (χ0v) is 14.3. The van der Waals surface area contributed by atoms with E-state index in [2.05, 4.69) is 34.9 Å². The molecule has 1 aliphatic rings. The third-order valence-electron chi connectivity index (χ3n) is 4.37. The smallest absolute Gasteiger partial charge is 0.227 e. The van der Waals surface area contributed by atoms with Crippen molar-refractivity contribution in [2.45, 2.75) is 23.6 Å². The average Bonchev–Trinajstić information content (AvgIpc) is 2.49. The Morgan fingerprint density at radius 1 is 1.17 bits per heavy atom. The minimum absolute atomic E-state index is 0.0500. The van der Waals surface area contributed by atoms with Gasteiger partial charge in [-0.3, -0.25) is 4.79 Å². The molecule has 0 spiro atoms. The van der Waals surface area contributed by atoms with Gasteiger partial charge in [-0.05, 0) is 61.8 Å². The van der Waals surface area contributed by atoms with Gasteiger partial charge in [-0.1, -0.05) is 36.9 Å². The minimum atomic E-state index is 0.0500. The van der Waals surface area contributed by atoms with Gasteiger partial charge in [0.25, 0.3) is 0 Å². The molecule has 1 amide bonds. The second-order valence-corrected chi connectivity index (χ2v) is 7.24. The number of anilines is 1. The summed E-state index contributed by atoms with van der Waals surface area (Å²) in [5.74, 6) is 0.625. The Morgan fingerprint density at radius 3 is 2.52 bits per heavy atom. The minimum Gasteiger partial charge on any atom is -0.326 e. The Morgan fingerprint density at radius 2 is 1.91 bits per heavy atom. The summed E-state index contributed by atoms with van der Waals surface area (Å²) in [5.41, 5.74) is 2.00. The van der Waals surface area contributed by atoms with Crippen LogP contribution in [0.1, 0.15) is 12.5 Å². The molecule has 3 rings (SSSR count). The van der Waals surface area contributed by atoms with E-state index in [1.165, 1.54) is 9.79 Å². The van der Waals surface area contributed by atoms with Gasteiger partial charge < -0.3 is 10.6 Å². The third kappa shape index (κ3) is 3.95. The molecule has 0 saturated carbocycles. The number of hydrogen-bond acceptors (Lipinski definition) is 3. The molecule has 4 heteroatoms. The first-order valence-electron chi connectivity index (χ1n) is 7.98. The Balaban J connectivity index is 1.66. The zero-order valence-electron chi connectivity index (χ0n) is 13.5. The van der Waals surface area contributed by atoms with Gasteiger partial charge in [-0.15, -0.1) is 0 Å². The molecule has 0 radical (unpaired) electrons. The van der Waals surface area contributed by atoms with Crippen molar-refractivity contribution in [1.82, 2.24) is 5.32 Å². The first-order chi connectivity index (χ1) is 11.1. The van der Waals surface area contributed by atoms with Crippen LogP contribution in [0.25, 0.3) is 0 Å². The maximum atomic E-state index is 12.3. The van der Waals surface area contributed by atoms with Crippen molar-refractivity contribution < 1.29 is 4.79 Å². The van der Waals surface area contributed by atoms with Crippen LogP contribution in [0.4, 0.5) is 5.69 Å². The summed E-state index contributed by atoms with van der Waals surface area (Å²) in [6, 6.07) is 16.5. The molecule has 120 valence electrons. The molecule has 1 aliphatic heterocycles. The van der Waals surface area contributed by atoms with Gasteiger partial charge in [0, 0.05) is 21.4 Å². The Kier molecular flexibility index (Phi) is 5.03. The summed E-state index contributed by atoms with van der Waals surface area (Å²) in [5, 5.41) is 6.29. The summed E-state index contributed by atoms with van der Waals surface area (Å²) < 4.78 is 0. The quantitative estimate of drug-likeness (QED) is 0.874. The number of aryl methyl sites for hydroxylation is 1. The molecule has 2 N–H and O–H groups in total. The zero-order chi connectivity index (χ0) is 16.2. The van der Waals surface area contributed by atoms with Crippen LogP contribution in [0.15, 0.2) is 58.3 Å². The van der Waals surface area contributed by atoms with E-state index in [0.717, 1.165) is 24.3 Å². The molecule has 23 heavy (non-hydrogen) atoms. The van der Waals surface area contributed by atoms with Gasteiger partial charge >= 0.3 is 0 Å². The lowest BCUT2D eigenvalue weighted by atomic mass is 9.88. The Bertz CT molecular complexity index is 683. The third-order valence-corrected chi connectivity index (χ3v) is 5.37. The lowest BCUT2D eigenvalue weighted by Crippen LogP contribution is -2.48. The predicted octanol–water partition coefficient (Wildman–Crippen LogP) is 3.94. The van der Waals surface area contributed by atoms with Crippen LogP contribution in [-0.4, -0.2) is 19.0 Å². The second-order valence-electron chi connectivity index (χ2n) is 6.09. The summed E-state index contributed by atoms with van der Waals surface area (Å²) in [4.78, 5) is 14.7. The first kappa shape index (κ1) is 16.1. The van der Waals surface area contributed by atoms with Crippen molar-refractivity contribution >= 4 is 23.4 Å². The van der Waals surface area contributed by atoms with Gasteiger partial charge in [0.15, 0.2) is 0 Å². The number of hydrogen-bond donors (Lipinski definition) is 2. The lowest BCUT2D eigenvalue weighted by molar-refractivity contribution is -0.121. The summed E-state index contributed by atoms with van der Waals surface area (Å²) in [6.45, 7) is 5.94. The van der Waals surface area contributed by atoms with Crippen molar-refractivity contribution in [2.75, 3.05) is 18.4 Å². The van der Waals surface area contributed by atoms with E-state index >= 15 is 0 Å². The van der Waals surface area contributed by atoms with Gasteiger partial charge in [0.2, 0.25) is 5.91 Å². The number of carbonyl (C=O) groups excluding carboxylic acids is 1. The van der Waals surface area contributed by atoms with Gasteiger partial charge in [0.05, 0.1) is 0 Å². The highest BCUT2D eigenvalue weighted by Crippen LogP contribution is 2.30. The number of rotatable bonds is 5. The normalized spacial score (nSPS) is 15.7. The van der Waals surface area contributed by atoms with E-state index in [9.17, 15) is 4.79 Å². The van der Waals surface area contributed by atoms with Crippen LogP contribution in [-0.2, 0) is 4.79 Å². The average molecular weight is 326 g/mol. The molecule has 2 aromatic carbocycles. The Labute approximate surface area is 141 Å². The molecular formula is C19H22N2OS. The van der Waals surface area contributed by atoms with Crippen LogP contribution < -0.4 is 10.6 Å². The van der Waals surface area contributed by atoms with Crippen molar-refractivity contribution in [2.24, 2.45) is 11.8 Å². The highest BCUT2D eigenvalue weighted by atomic mass is 32.2. The summed E-state index contributed by atoms with van der Waals surface area (Å²) in [6.07, 6.45) is 0. The van der Waals surface area contributed by atoms with Crippen LogP contribution in [0.2, 0.25) is 0 Å². The van der Waals surface area contributed by atoms with Gasteiger partial charge in [-0.2, -0.15) is 0 Å². The van der Waals surface area contributed by atoms with E-state index in [-0.39, 0.29) is 11.8 Å². The maximum Gasteiger partial charge on any atom is 0.227 e. The molecule has 3 nitrogen and oxygen atoms in total. The van der Waals surface area contributed by atoms with Crippen molar-refractivity contribution in [3.63, 3.8) is 0 Å². The molecule has 1 atom stereocenters. The fourth-order valence-corrected chi connectivity index (χ4v) is 3.53. The number of nitrogens with one attached hydrogen (secondary N) is 2. The standard InChI is InChI=1S/C19H22N2OS/c1-13-10-17(23-16-6-4-3-5-7-16)8-9-18(13)21-19(22)14(2)15-11-20-12-15/h3-10,14-15,20H,11-12H2,1-2H3,(H,21,22). The van der Waals surface area contributed by atoms with Crippen molar-refractivity contribution in [3.8, 4) is 0 Å². The van der Waals surface area contributed by atoms with E-state index in [4.69, 9.17) is 0 Å². The highest BCUT2D eigenvalue weighted by Gasteiger charge is 2.28. The SMILES string of the molecule is Cc1cc(Sc2ccccc2)ccc1NC(=O)C(C)C1CNC1.